The minimum absolute atomic E-state index is 0.161. The van der Waals surface area contributed by atoms with Crippen LogP contribution in [-0.2, 0) is 22.9 Å². The molecule has 0 fully saturated rings. The molecule has 1 aliphatic carbocycles. The van der Waals surface area contributed by atoms with Crippen molar-refractivity contribution in [3.05, 3.63) is 52.7 Å². The first-order valence-corrected chi connectivity index (χ1v) is 8.28. The smallest absolute Gasteiger partial charge is 0.431 e. The van der Waals surface area contributed by atoms with Gasteiger partial charge in [-0.25, -0.2) is 0 Å². The van der Waals surface area contributed by atoms with Crippen LogP contribution in [0.4, 0.5) is 35.1 Å². The number of nitrogens with zero attached hydrogens (tertiary/aromatic N) is 3. The van der Waals surface area contributed by atoms with E-state index in [4.69, 9.17) is 0 Å². The SMILES string of the molecule is FC(F)OC1=CC(C(F)(F)F)=CN2C[C@@]3(CCc4cc(C(F)(F)F)ncc43)N=C12. The molecule has 4 nitrogen and oxygen atoms in total. The van der Waals surface area contributed by atoms with Crippen LogP contribution in [0.15, 0.2) is 40.9 Å². The van der Waals surface area contributed by atoms with Crippen molar-refractivity contribution in [3.8, 4) is 0 Å². The number of pyridine rings is 1. The zero-order chi connectivity index (χ0) is 21.2. The molecule has 0 unspecified atom stereocenters. The third kappa shape index (κ3) is 3.33. The minimum Gasteiger partial charge on any atom is -0.431 e. The molecule has 0 N–H and O–H groups in total. The number of rotatable bonds is 2. The van der Waals surface area contributed by atoms with Gasteiger partial charge in [0, 0.05) is 18.0 Å². The van der Waals surface area contributed by atoms with Crippen molar-refractivity contribution >= 4 is 5.84 Å². The Morgan fingerprint density at radius 2 is 1.83 bits per heavy atom. The van der Waals surface area contributed by atoms with Crippen molar-refractivity contribution in [2.45, 2.75) is 37.3 Å². The molecule has 2 aliphatic heterocycles. The molecule has 29 heavy (non-hydrogen) atoms. The summed E-state index contributed by atoms with van der Waals surface area (Å²) in [6.45, 7) is -3.53. The third-order valence-electron chi connectivity index (χ3n) is 4.96. The number of ether oxygens (including phenoxy) is 1. The molecule has 0 saturated heterocycles. The number of alkyl halides is 8. The minimum atomic E-state index is -4.81. The van der Waals surface area contributed by atoms with Gasteiger partial charge in [0.1, 0.15) is 11.2 Å². The molecule has 0 radical (unpaired) electrons. The molecule has 1 aromatic rings. The second-order valence-electron chi connectivity index (χ2n) is 6.79. The molecule has 156 valence electrons. The Morgan fingerprint density at radius 1 is 1.10 bits per heavy atom. The zero-order valence-corrected chi connectivity index (χ0v) is 14.3. The molecule has 0 saturated carbocycles. The Kier molecular flexibility index (Phi) is 4.18. The Balaban J connectivity index is 1.75. The topological polar surface area (TPSA) is 37.7 Å². The van der Waals surface area contributed by atoms with Gasteiger partial charge in [0.25, 0.3) is 0 Å². The molecular weight excluding hydrogens is 414 g/mol. The lowest BCUT2D eigenvalue weighted by molar-refractivity contribution is -0.141. The fourth-order valence-electron chi connectivity index (χ4n) is 3.75. The van der Waals surface area contributed by atoms with E-state index < -0.39 is 41.5 Å². The van der Waals surface area contributed by atoms with Crippen LogP contribution in [0.5, 0.6) is 0 Å². The lowest BCUT2D eigenvalue weighted by Crippen LogP contribution is -2.34. The average Bonchev–Trinajstić information content (AvgIpc) is 3.14. The van der Waals surface area contributed by atoms with Gasteiger partial charge in [0.05, 0.1) is 12.1 Å². The standard InChI is InChI=1S/C17H11F8N3O/c18-14(19)29-11-4-9(16(20,21)22)6-28-7-15(27-13(11)28)2-1-8-3-12(17(23,24)25)26-5-10(8)15/h3-6,14H,1-2,7H2/t15-/m1/s1. The van der Waals surface area contributed by atoms with Crippen molar-refractivity contribution in [1.29, 1.82) is 0 Å². The van der Waals surface area contributed by atoms with Gasteiger partial charge in [-0.3, -0.25) is 9.98 Å². The van der Waals surface area contributed by atoms with E-state index in [1.54, 1.807) is 0 Å². The number of aromatic nitrogens is 1. The fraction of sp³-hybridized carbons (Fsp3) is 0.412. The first-order chi connectivity index (χ1) is 13.4. The van der Waals surface area contributed by atoms with E-state index in [-0.39, 0.29) is 25.2 Å². The highest BCUT2D eigenvalue weighted by molar-refractivity contribution is 6.00. The lowest BCUT2D eigenvalue weighted by atomic mass is 9.94. The van der Waals surface area contributed by atoms with E-state index >= 15 is 0 Å². The van der Waals surface area contributed by atoms with Crippen molar-refractivity contribution in [3.63, 3.8) is 0 Å². The number of hydrogen-bond acceptors (Lipinski definition) is 4. The Bertz CT molecular complexity index is 947. The average molecular weight is 425 g/mol. The summed E-state index contributed by atoms with van der Waals surface area (Å²) in [6, 6.07) is 0.880. The molecule has 1 aromatic heterocycles. The molecule has 1 spiro atoms. The summed E-state index contributed by atoms with van der Waals surface area (Å²) in [5.41, 5.74) is -2.84. The van der Waals surface area contributed by atoms with Crippen LogP contribution in [0.3, 0.4) is 0 Å². The van der Waals surface area contributed by atoms with Gasteiger partial charge in [-0.2, -0.15) is 35.1 Å². The van der Waals surface area contributed by atoms with Gasteiger partial charge in [0.2, 0.25) is 0 Å². The van der Waals surface area contributed by atoms with E-state index in [1.807, 2.05) is 0 Å². The number of halogens is 8. The van der Waals surface area contributed by atoms with Crippen molar-refractivity contribution in [2.75, 3.05) is 6.54 Å². The van der Waals surface area contributed by atoms with Crippen LogP contribution >= 0.6 is 0 Å². The molecule has 4 rings (SSSR count). The largest absolute Gasteiger partial charge is 0.433 e. The molecule has 1 atom stereocenters. The van der Waals surface area contributed by atoms with E-state index in [1.165, 1.54) is 0 Å². The van der Waals surface area contributed by atoms with Crippen LogP contribution in [0.1, 0.15) is 23.2 Å². The monoisotopic (exact) mass is 425 g/mol. The zero-order valence-electron chi connectivity index (χ0n) is 14.3. The Morgan fingerprint density at radius 3 is 2.45 bits per heavy atom. The van der Waals surface area contributed by atoms with Gasteiger partial charge in [-0.1, -0.05) is 0 Å². The molecule has 3 aliphatic rings. The maximum absolute atomic E-state index is 13.1. The summed E-state index contributed by atoms with van der Waals surface area (Å²) in [6.07, 6.45) is -6.91. The van der Waals surface area contributed by atoms with E-state index in [0.717, 1.165) is 23.4 Å². The van der Waals surface area contributed by atoms with Crippen molar-refractivity contribution in [1.82, 2.24) is 9.88 Å². The summed E-state index contributed by atoms with van der Waals surface area (Å²) in [7, 11) is 0. The van der Waals surface area contributed by atoms with Gasteiger partial charge in [-0.15, -0.1) is 0 Å². The van der Waals surface area contributed by atoms with Gasteiger partial charge in [0.15, 0.2) is 11.6 Å². The molecule has 3 heterocycles. The maximum Gasteiger partial charge on any atom is 0.433 e. The van der Waals surface area contributed by atoms with Gasteiger partial charge >= 0.3 is 19.0 Å². The quantitative estimate of drug-likeness (QED) is 0.654. The number of allylic oxidation sites excluding steroid dienone is 2. The number of fused-ring (bicyclic) bond motifs is 3. The summed E-state index contributed by atoms with van der Waals surface area (Å²) >= 11 is 0. The summed E-state index contributed by atoms with van der Waals surface area (Å²) in [4.78, 5) is 8.75. The second-order valence-corrected chi connectivity index (χ2v) is 6.79. The fourth-order valence-corrected chi connectivity index (χ4v) is 3.75. The highest BCUT2D eigenvalue weighted by atomic mass is 19.4. The second kappa shape index (κ2) is 6.17. The number of amidine groups is 1. The summed E-state index contributed by atoms with van der Waals surface area (Å²) in [5.74, 6) is -0.980. The van der Waals surface area contributed by atoms with Crippen LogP contribution in [0.2, 0.25) is 0 Å². The van der Waals surface area contributed by atoms with Crippen molar-refractivity contribution in [2.24, 2.45) is 4.99 Å². The molecule has 12 heteroatoms. The predicted octanol–water partition coefficient (Wildman–Crippen LogP) is 4.54. The third-order valence-corrected chi connectivity index (χ3v) is 4.96. The molecule has 0 amide bonds. The van der Waals surface area contributed by atoms with Crippen LogP contribution < -0.4 is 0 Å². The lowest BCUT2D eigenvalue weighted by Gasteiger charge is -2.26. The first-order valence-electron chi connectivity index (χ1n) is 8.28. The highest BCUT2D eigenvalue weighted by Gasteiger charge is 2.49. The van der Waals surface area contributed by atoms with E-state index in [0.29, 0.717) is 17.2 Å². The predicted molar refractivity (Wildman–Crippen MR) is 82.7 cm³/mol. The van der Waals surface area contributed by atoms with E-state index in [2.05, 4.69) is 14.7 Å². The number of aryl methyl sites for hydroxylation is 1. The summed E-state index contributed by atoms with van der Waals surface area (Å²) < 4.78 is 108. The van der Waals surface area contributed by atoms with Gasteiger partial charge in [-0.05, 0) is 30.5 Å². The van der Waals surface area contributed by atoms with Crippen LogP contribution in [-0.4, -0.2) is 35.1 Å². The van der Waals surface area contributed by atoms with Crippen molar-refractivity contribution < 1.29 is 39.9 Å². The van der Waals surface area contributed by atoms with E-state index in [9.17, 15) is 35.1 Å². The Hall–Kier alpha value is -2.66. The van der Waals surface area contributed by atoms with Crippen LogP contribution in [0, 0.1) is 0 Å². The summed E-state index contributed by atoms with van der Waals surface area (Å²) in [5, 5.41) is 0. The number of aliphatic imine (C=N–C) groups is 1. The number of hydrogen-bond donors (Lipinski definition) is 0. The highest BCUT2D eigenvalue weighted by Crippen LogP contribution is 2.47. The molecule has 0 bridgehead atoms. The Labute approximate surface area is 158 Å². The maximum atomic E-state index is 13.1. The molecule has 0 aromatic carbocycles. The van der Waals surface area contributed by atoms with Gasteiger partial charge < -0.3 is 9.64 Å². The first kappa shape index (κ1) is 19.6. The normalized spacial score (nSPS) is 23.8. The molecular formula is C17H11F8N3O. The van der Waals surface area contributed by atoms with Crippen LogP contribution in [0.25, 0.3) is 0 Å².